The third-order valence-electron chi connectivity index (χ3n) is 6.19. The molecule has 1 N–H and O–H groups in total. The summed E-state index contributed by atoms with van der Waals surface area (Å²) in [5.74, 6) is -0.724. The van der Waals surface area contributed by atoms with Gasteiger partial charge in [-0.1, -0.05) is 83.9 Å². The highest BCUT2D eigenvalue weighted by atomic mass is 79.9. The highest BCUT2D eigenvalue weighted by molar-refractivity contribution is 9.10. The number of hydrogen-bond acceptors (Lipinski definition) is 4. The highest BCUT2D eigenvalue weighted by Gasteiger charge is 2.32. The average Bonchev–Trinajstić information content (AvgIpc) is 2.92. The summed E-state index contributed by atoms with van der Waals surface area (Å²) in [5.41, 5.74) is 1.37. The maximum Gasteiger partial charge on any atom is 0.264 e. The lowest BCUT2D eigenvalue weighted by Crippen LogP contribution is -2.52. The lowest BCUT2D eigenvalue weighted by Gasteiger charge is -2.32. The zero-order valence-electron chi connectivity index (χ0n) is 21.7. The van der Waals surface area contributed by atoms with Crippen LogP contribution in [0.2, 0.25) is 0 Å². The minimum atomic E-state index is -4.07. The molecule has 0 bridgehead atoms. The van der Waals surface area contributed by atoms with E-state index in [-0.39, 0.29) is 17.3 Å². The van der Waals surface area contributed by atoms with Gasteiger partial charge in [0, 0.05) is 17.6 Å². The lowest BCUT2D eigenvalue weighted by atomic mass is 10.1. The van der Waals surface area contributed by atoms with Crippen molar-refractivity contribution in [3.05, 3.63) is 95.0 Å². The van der Waals surface area contributed by atoms with E-state index in [2.05, 4.69) is 21.2 Å². The van der Waals surface area contributed by atoms with E-state index in [0.29, 0.717) is 23.1 Å². The molecule has 0 aliphatic heterocycles. The van der Waals surface area contributed by atoms with Crippen molar-refractivity contribution in [1.29, 1.82) is 0 Å². The molecule has 3 aromatic carbocycles. The maximum atomic E-state index is 13.8. The second-order valence-corrected chi connectivity index (χ2v) is 11.7. The number of carbonyl (C=O) groups is 2. The van der Waals surface area contributed by atoms with Crippen LogP contribution in [0.5, 0.6) is 0 Å². The Morgan fingerprint density at radius 2 is 1.61 bits per heavy atom. The molecule has 2 amide bonds. The molecule has 1 unspecified atom stereocenters. The Bertz CT molecular complexity index is 1300. The van der Waals surface area contributed by atoms with Gasteiger partial charge >= 0.3 is 0 Å². The molecule has 1 atom stereocenters. The van der Waals surface area contributed by atoms with Crippen LogP contribution in [0.4, 0.5) is 5.69 Å². The number of amides is 2. The third-order valence-corrected chi connectivity index (χ3v) is 8.47. The standard InChI is InChI=1S/C29H34BrN3O4S/c1-3-4-19-31-29(35)23(2)32(20-18-24-12-7-5-8-13-24)28(34)22-33(26-15-11-14-25(30)21-26)38(36,37)27-16-9-6-10-17-27/h5-17,21,23H,3-4,18-20,22H2,1-2H3,(H,31,35). The van der Waals surface area contributed by atoms with Crippen LogP contribution in [0.15, 0.2) is 94.3 Å². The van der Waals surface area contributed by atoms with Crippen molar-refractivity contribution in [3.8, 4) is 0 Å². The number of carbonyl (C=O) groups excluding carboxylic acids is 2. The van der Waals surface area contributed by atoms with Gasteiger partial charge in [-0.3, -0.25) is 13.9 Å². The van der Waals surface area contributed by atoms with Crippen molar-refractivity contribution in [2.24, 2.45) is 0 Å². The maximum absolute atomic E-state index is 13.8. The van der Waals surface area contributed by atoms with Crippen LogP contribution >= 0.6 is 15.9 Å². The summed E-state index contributed by atoms with van der Waals surface area (Å²) >= 11 is 3.40. The van der Waals surface area contributed by atoms with Gasteiger partial charge in [0.2, 0.25) is 11.8 Å². The molecule has 3 aromatic rings. The van der Waals surface area contributed by atoms with Gasteiger partial charge in [0.25, 0.3) is 10.0 Å². The molecule has 3 rings (SSSR count). The third kappa shape index (κ3) is 7.91. The number of unbranched alkanes of at least 4 members (excludes halogenated alkanes) is 1. The van der Waals surface area contributed by atoms with Gasteiger partial charge in [-0.2, -0.15) is 0 Å². The average molecular weight is 601 g/mol. The van der Waals surface area contributed by atoms with Gasteiger partial charge < -0.3 is 10.2 Å². The summed E-state index contributed by atoms with van der Waals surface area (Å²) in [6.45, 7) is 4.05. The molecule has 0 spiro atoms. The normalized spacial score (nSPS) is 12.0. The quantitative estimate of drug-likeness (QED) is 0.279. The van der Waals surface area contributed by atoms with E-state index in [9.17, 15) is 18.0 Å². The Kier molecular flexibility index (Phi) is 10.9. The first-order valence-corrected chi connectivity index (χ1v) is 14.9. The Balaban J connectivity index is 1.93. The second kappa shape index (κ2) is 14.1. The number of nitrogens with one attached hydrogen (secondary N) is 1. The van der Waals surface area contributed by atoms with E-state index in [1.54, 1.807) is 49.4 Å². The summed E-state index contributed by atoms with van der Waals surface area (Å²) in [6, 6.07) is 23.7. The molecule has 202 valence electrons. The topological polar surface area (TPSA) is 86.8 Å². The van der Waals surface area contributed by atoms with E-state index in [0.717, 1.165) is 22.7 Å². The number of halogens is 1. The second-order valence-electron chi connectivity index (χ2n) is 8.95. The molecule has 7 nitrogen and oxygen atoms in total. The minimum Gasteiger partial charge on any atom is -0.354 e. The Labute approximate surface area is 234 Å². The summed E-state index contributed by atoms with van der Waals surface area (Å²) in [4.78, 5) is 28.3. The number of sulfonamides is 1. The summed E-state index contributed by atoms with van der Waals surface area (Å²) in [7, 11) is -4.07. The Morgan fingerprint density at radius 3 is 2.24 bits per heavy atom. The number of rotatable bonds is 13. The van der Waals surface area contributed by atoms with Crippen LogP contribution in [0.25, 0.3) is 0 Å². The number of benzene rings is 3. The predicted molar refractivity (Wildman–Crippen MR) is 154 cm³/mol. The van der Waals surface area contributed by atoms with E-state index in [1.807, 2.05) is 37.3 Å². The molecular formula is C29H34BrN3O4S. The lowest BCUT2D eigenvalue weighted by molar-refractivity contribution is -0.138. The van der Waals surface area contributed by atoms with Gasteiger partial charge in [0.15, 0.2) is 0 Å². The van der Waals surface area contributed by atoms with E-state index >= 15 is 0 Å². The van der Waals surface area contributed by atoms with E-state index in [4.69, 9.17) is 0 Å². The van der Waals surface area contributed by atoms with Crippen LogP contribution < -0.4 is 9.62 Å². The molecule has 0 aliphatic rings. The van der Waals surface area contributed by atoms with Crippen molar-refractivity contribution < 1.29 is 18.0 Å². The zero-order valence-corrected chi connectivity index (χ0v) is 24.1. The monoisotopic (exact) mass is 599 g/mol. The molecule has 0 aliphatic carbocycles. The predicted octanol–water partition coefficient (Wildman–Crippen LogP) is 5.02. The molecule has 9 heteroatoms. The summed E-state index contributed by atoms with van der Waals surface area (Å²) in [5, 5.41) is 2.89. The molecule has 0 radical (unpaired) electrons. The number of hydrogen-bond donors (Lipinski definition) is 1. The van der Waals surface area contributed by atoms with Crippen molar-refractivity contribution >= 4 is 43.5 Å². The number of anilines is 1. The Hall–Kier alpha value is -3.17. The fraction of sp³-hybridized carbons (Fsp3) is 0.310. The van der Waals surface area contributed by atoms with Crippen molar-refractivity contribution in [2.45, 2.75) is 44.0 Å². The smallest absolute Gasteiger partial charge is 0.264 e. The van der Waals surface area contributed by atoms with E-state index < -0.39 is 28.5 Å². The first kappa shape index (κ1) is 29.4. The first-order chi connectivity index (χ1) is 18.2. The van der Waals surface area contributed by atoms with Crippen LogP contribution in [0.3, 0.4) is 0 Å². The molecule has 38 heavy (non-hydrogen) atoms. The summed E-state index contributed by atoms with van der Waals surface area (Å²) < 4.78 is 29.2. The van der Waals surface area contributed by atoms with Gasteiger partial charge in [-0.05, 0) is 55.7 Å². The largest absolute Gasteiger partial charge is 0.354 e. The first-order valence-electron chi connectivity index (χ1n) is 12.7. The fourth-order valence-corrected chi connectivity index (χ4v) is 5.80. The zero-order chi connectivity index (χ0) is 27.5. The molecule has 0 saturated heterocycles. The molecule has 0 saturated carbocycles. The Morgan fingerprint density at radius 1 is 0.947 bits per heavy atom. The van der Waals surface area contributed by atoms with Crippen molar-refractivity contribution in [3.63, 3.8) is 0 Å². The van der Waals surface area contributed by atoms with Crippen molar-refractivity contribution in [1.82, 2.24) is 10.2 Å². The van der Waals surface area contributed by atoms with Crippen LogP contribution in [0, 0.1) is 0 Å². The van der Waals surface area contributed by atoms with E-state index in [1.165, 1.54) is 17.0 Å². The van der Waals surface area contributed by atoms with Gasteiger partial charge in [0.1, 0.15) is 12.6 Å². The molecule has 0 heterocycles. The fourth-order valence-electron chi connectivity index (χ4n) is 3.99. The SMILES string of the molecule is CCCCNC(=O)C(C)N(CCc1ccccc1)C(=O)CN(c1cccc(Br)c1)S(=O)(=O)c1ccccc1. The van der Waals surface area contributed by atoms with Crippen LogP contribution in [0.1, 0.15) is 32.3 Å². The highest BCUT2D eigenvalue weighted by Crippen LogP contribution is 2.26. The minimum absolute atomic E-state index is 0.0777. The molecule has 0 fully saturated rings. The van der Waals surface area contributed by atoms with Crippen LogP contribution in [-0.2, 0) is 26.0 Å². The molecule has 0 aromatic heterocycles. The van der Waals surface area contributed by atoms with Gasteiger partial charge in [-0.25, -0.2) is 8.42 Å². The van der Waals surface area contributed by atoms with Gasteiger partial charge in [0.05, 0.1) is 10.6 Å². The van der Waals surface area contributed by atoms with Gasteiger partial charge in [-0.15, -0.1) is 0 Å². The number of nitrogens with zero attached hydrogens (tertiary/aromatic N) is 2. The molecular weight excluding hydrogens is 566 g/mol. The van der Waals surface area contributed by atoms with Crippen molar-refractivity contribution in [2.75, 3.05) is 23.9 Å². The van der Waals surface area contributed by atoms with Crippen LogP contribution in [-0.4, -0.2) is 50.8 Å². The summed E-state index contributed by atoms with van der Waals surface area (Å²) in [6.07, 6.45) is 2.30.